The Morgan fingerprint density at radius 1 is 0.324 bits per heavy atom. The summed E-state index contributed by atoms with van der Waals surface area (Å²) in [4.78, 5) is 0. The number of hydrogen-bond acceptors (Lipinski definition) is 1. The zero-order valence-electron chi connectivity index (χ0n) is 24.4. The molecule has 34 heavy (non-hydrogen) atoms. The minimum atomic E-state index is 0.370. The highest BCUT2D eigenvalue weighted by Crippen LogP contribution is 2.20. The van der Waals surface area contributed by atoms with Crippen molar-refractivity contribution in [2.45, 2.75) is 175 Å². The van der Waals surface area contributed by atoms with Crippen molar-refractivity contribution in [1.29, 1.82) is 0 Å². The van der Waals surface area contributed by atoms with Gasteiger partial charge >= 0.3 is 0 Å². The van der Waals surface area contributed by atoms with Crippen LogP contribution in [-0.4, -0.2) is 42.4 Å². The van der Waals surface area contributed by atoms with Crippen molar-refractivity contribution in [2.75, 3.05) is 32.8 Å². The first kappa shape index (κ1) is 33.9. The van der Waals surface area contributed by atoms with Crippen molar-refractivity contribution in [3.8, 4) is 0 Å². The Hall–Kier alpha value is -0.0800. The molecule has 1 N–H and O–H groups in total. The average Bonchev–Trinajstić information content (AvgIpc) is 2.85. The third kappa shape index (κ3) is 22.4. The third-order valence-electron chi connectivity index (χ3n) is 8.00. The van der Waals surface area contributed by atoms with Gasteiger partial charge in [0.2, 0.25) is 0 Å². The second kappa shape index (κ2) is 27.5. The van der Waals surface area contributed by atoms with Crippen molar-refractivity contribution in [2.24, 2.45) is 0 Å². The lowest BCUT2D eigenvalue weighted by Gasteiger charge is -2.40. The molecule has 0 aliphatic carbocycles. The van der Waals surface area contributed by atoms with Crippen molar-refractivity contribution < 1.29 is 9.59 Å². The summed E-state index contributed by atoms with van der Waals surface area (Å²) in [6, 6.07) is 0. The van der Waals surface area contributed by atoms with Gasteiger partial charge in [0.1, 0.15) is 0 Å². The molecule has 0 aromatic rings. The van der Waals surface area contributed by atoms with Crippen LogP contribution in [0.1, 0.15) is 175 Å². The van der Waals surface area contributed by atoms with Crippen LogP contribution in [0, 0.1) is 0 Å². The lowest BCUT2D eigenvalue weighted by atomic mass is 10.0. The van der Waals surface area contributed by atoms with E-state index >= 15 is 0 Å². The summed E-state index contributed by atoms with van der Waals surface area (Å²) >= 11 is 0. The molecule has 0 fully saturated rings. The fraction of sp³-hybridized carbons (Fsp3) is 1.00. The number of aliphatic hydroxyl groups excluding tert-OH is 1. The van der Waals surface area contributed by atoms with E-state index in [1.807, 2.05) is 0 Å². The first-order valence-corrected chi connectivity index (χ1v) is 16.2. The lowest BCUT2D eigenvalue weighted by molar-refractivity contribution is -0.929. The molecular weight excluding hydrogens is 414 g/mol. The van der Waals surface area contributed by atoms with Crippen LogP contribution in [0.25, 0.3) is 0 Å². The fourth-order valence-electron chi connectivity index (χ4n) is 5.62. The van der Waals surface area contributed by atoms with Gasteiger partial charge in [-0.3, -0.25) is 0 Å². The molecule has 0 aliphatic heterocycles. The van der Waals surface area contributed by atoms with Crippen molar-refractivity contribution >= 4 is 0 Å². The van der Waals surface area contributed by atoms with Gasteiger partial charge in [0.25, 0.3) is 0 Å². The van der Waals surface area contributed by atoms with Crippen molar-refractivity contribution in [3.05, 3.63) is 0 Å². The molecule has 0 unspecified atom stereocenters. The number of rotatable bonds is 29. The Balaban J connectivity index is 4.74. The Kier molecular flexibility index (Phi) is 27.4. The smallest absolute Gasteiger partial charge is 0.0786 e. The average molecular weight is 483 g/mol. The standard InChI is InChI=1S/C32H68NO/c1-4-7-10-13-18-23-28-33(29-24-19-14-11-8-5-2,30-25-20-15-12-9-6-3)31-26-21-16-17-22-27-32-34/h34H,4-32H2,1-3H3/q+1. The fourth-order valence-corrected chi connectivity index (χ4v) is 5.62. The highest BCUT2D eigenvalue weighted by molar-refractivity contribution is 4.55. The Labute approximate surface area is 217 Å². The molecule has 0 aromatic carbocycles. The second-order valence-electron chi connectivity index (χ2n) is 11.4. The van der Waals surface area contributed by atoms with Gasteiger partial charge in [0.05, 0.1) is 26.2 Å². The third-order valence-corrected chi connectivity index (χ3v) is 8.00. The van der Waals surface area contributed by atoms with E-state index in [0.29, 0.717) is 6.61 Å². The second-order valence-corrected chi connectivity index (χ2v) is 11.4. The van der Waals surface area contributed by atoms with Crippen LogP contribution in [0.3, 0.4) is 0 Å². The topological polar surface area (TPSA) is 20.2 Å². The molecule has 0 bridgehead atoms. The van der Waals surface area contributed by atoms with Crippen LogP contribution in [0.5, 0.6) is 0 Å². The van der Waals surface area contributed by atoms with Crippen LogP contribution in [0.4, 0.5) is 0 Å². The quantitative estimate of drug-likeness (QED) is 0.0830. The molecule has 2 heteroatoms. The highest BCUT2D eigenvalue weighted by atomic mass is 16.2. The van der Waals surface area contributed by atoms with Crippen LogP contribution in [0.15, 0.2) is 0 Å². The van der Waals surface area contributed by atoms with Crippen LogP contribution in [-0.2, 0) is 0 Å². The number of quaternary nitrogens is 1. The van der Waals surface area contributed by atoms with Gasteiger partial charge in [0, 0.05) is 6.61 Å². The Morgan fingerprint density at radius 2 is 0.559 bits per heavy atom. The van der Waals surface area contributed by atoms with E-state index in [1.54, 1.807) is 0 Å². The van der Waals surface area contributed by atoms with Crippen LogP contribution >= 0.6 is 0 Å². The summed E-state index contributed by atoms with van der Waals surface area (Å²) in [5.74, 6) is 0. The first-order chi connectivity index (χ1) is 16.7. The largest absolute Gasteiger partial charge is 0.396 e. The number of aliphatic hydroxyl groups is 1. The van der Waals surface area contributed by atoms with E-state index in [-0.39, 0.29) is 0 Å². The normalized spacial score (nSPS) is 12.0. The van der Waals surface area contributed by atoms with E-state index in [0.717, 1.165) is 6.42 Å². The van der Waals surface area contributed by atoms with Crippen LogP contribution in [0.2, 0.25) is 0 Å². The van der Waals surface area contributed by atoms with Gasteiger partial charge < -0.3 is 9.59 Å². The maximum Gasteiger partial charge on any atom is 0.0786 e. The van der Waals surface area contributed by atoms with E-state index in [4.69, 9.17) is 5.11 Å². The van der Waals surface area contributed by atoms with Gasteiger partial charge in [-0.05, 0) is 57.8 Å². The van der Waals surface area contributed by atoms with Gasteiger partial charge in [-0.1, -0.05) is 117 Å². The van der Waals surface area contributed by atoms with Crippen molar-refractivity contribution in [3.63, 3.8) is 0 Å². The number of hydrogen-bond donors (Lipinski definition) is 1. The molecule has 0 atom stereocenters. The van der Waals surface area contributed by atoms with E-state index in [2.05, 4.69) is 20.8 Å². The Bertz CT molecular complexity index is 329. The zero-order valence-corrected chi connectivity index (χ0v) is 24.4. The summed E-state index contributed by atoms with van der Waals surface area (Å²) < 4.78 is 1.44. The summed E-state index contributed by atoms with van der Waals surface area (Å²) in [6.45, 7) is 13.1. The molecule has 0 heterocycles. The van der Waals surface area contributed by atoms with E-state index < -0.39 is 0 Å². The molecule has 206 valence electrons. The monoisotopic (exact) mass is 483 g/mol. The predicted octanol–water partition coefficient (Wildman–Crippen LogP) is 10.2. The summed E-state index contributed by atoms with van der Waals surface area (Å²) in [6.07, 6.45) is 33.4. The zero-order chi connectivity index (χ0) is 25.0. The lowest BCUT2D eigenvalue weighted by Crippen LogP contribution is -2.50. The molecule has 0 saturated carbocycles. The Morgan fingerprint density at radius 3 is 0.824 bits per heavy atom. The molecule has 0 saturated heterocycles. The molecule has 0 spiro atoms. The molecule has 0 rings (SSSR count). The molecule has 0 radical (unpaired) electrons. The molecule has 0 amide bonds. The van der Waals surface area contributed by atoms with E-state index in [1.165, 1.54) is 178 Å². The minimum Gasteiger partial charge on any atom is -0.396 e. The van der Waals surface area contributed by atoms with Gasteiger partial charge in [-0.15, -0.1) is 0 Å². The van der Waals surface area contributed by atoms with Gasteiger partial charge in [-0.25, -0.2) is 0 Å². The highest BCUT2D eigenvalue weighted by Gasteiger charge is 2.25. The maximum atomic E-state index is 9.02. The van der Waals surface area contributed by atoms with Crippen LogP contribution < -0.4 is 0 Å². The van der Waals surface area contributed by atoms with Gasteiger partial charge in [0.15, 0.2) is 0 Å². The number of nitrogens with zero attached hydrogens (tertiary/aromatic N) is 1. The van der Waals surface area contributed by atoms with Gasteiger partial charge in [-0.2, -0.15) is 0 Å². The summed E-state index contributed by atoms with van der Waals surface area (Å²) in [5.41, 5.74) is 0. The molecule has 2 nitrogen and oxygen atoms in total. The summed E-state index contributed by atoms with van der Waals surface area (Å²) in [5, 5.41) is 9.02. The SMILES string of the molecule is CCCCCCCC[N+](CCCCCCCC)(CCCCCCCC)CCCCCCCCO. The van der Waals surface area contributed by atoms with E-state index in [9.17, 15) is 0 Å². The molecular formula is C32H68NO+. The minimum absolute atomic E-state index is 0.370. The number of unbranched alkanes of at least 4 members (excludes halogenated alkanes) is 20. The molecule has 0 aliphatic rings. The maximum absolute atomic E-state index is 9.02. The first-order valence-electron chi connectivity index (χ1n) is 16.2. The predicted molar refractivity (Wildman–Crippen MR) is 155 cm³/mol. The molecule has 0 aromatic heterocycles. The van der Waals surface area contributed by atoms with Crippen molar-refractivity contribution in [1.82, 2.24) is 0 Å². The summed E-state index contributed by atoms with van der Waals surface area (Å²) in [7, 11) is 0.